The molecule has 31 heavy (non-hydrogen) atoms. The zero-order valence-electron chi connectivity index (χ0n) is 19.9. The van der Waals surface area contributed by atoms with E-state index < -0.39 is 0 Å². The summed E-state index contributed by atoms with van der Waals surface area (Å²) in [5.41, 5.74) is 7.11. The predicted molar refractivity (Wildman–Crippen MR) is 134 cm³/mol. The first kappa shape index (κ1) is 20.2. The first-order valence-electron chi connectivity index (χ1n) is 11.4. The van der Waals surface area contributed by atoms with Crippen molar-refractivity contribution in [2.45, 2.75) is 71.1 Å². The molecule has 1 nitrogen and oxygen atoms in total. The van der Waals surface area contributed by atoms with Gasteiger partial charge in [0.15, 0.2) is 0 Å². The summed E-state index contributed by atoms with van der Waals surface area (Å²) in [4.78, 5) is 4.92. The van der Waals surface area contributed by atoms with E-state index in [9.17, 15) is 0 Å². The Balaban J connectivity index is 1.82. The van der Waals surface area contributed by atoms with Crippen LogP contribution in [0.4, 0.5) is 0 Å². The zero-order valence-corrected chi connectivity index (χ0v) is 19.9. The molecule has 158 valence electrons. The second-order valence-electron chi connectivity index (χ2n) is 11.7. The van der Waals surface area contributed by atoms with Crippen molar-refractivity contribution in [1.82, 2.24) is 4.98 Å². The van der Waals surface area contributed by atoms with Gasteiger partial charge in [-0.15, -0.1) is 0 Å². The smallest absolute Gasteiger partial charge is 0.0780 e. The minimum absolute atomic E-state index is 0.0630. The first-order valence-corrected chi connectivity index (χ1v) is 11.4. The van der Waals surface area contributed by atoms with E-state index >= 15 is 0 Å². The fraction of sp³-hybridized carbons (Fsp3) is 0.367. The van der Waals surface area contributed by atoms with E-state index in [0.717, 1.165) is 5.69 Å². The van der Waals surface area contributed by atoms with Crippen LogP contribution >= 0.6 is 0 Å². The Labute approximate surface area is 186 Å². The number of benzene rings is 3. The van der Waals surface area contributed by atoms with Crippen LogP contribution in [0, 0.1) is 0 Å². The maximum atomic E-state index is 4.92. The van der Waals surface area contributed by atoms with Gasteiger partial charge in [-0.25, -0.2) is 0 Å². The Bertz CT molecular complexity index is 1330. The molecule has 0 atom stereocenters. The van der Waals surface area contributed by atoms with Gasteiger partial charge in [0.05, 0.1) is 5.69 Å². The zero-order chi connectivity index (χ0) is 22.2. The van der Waals surface area contributed by atoms with Crippen LogP contribution in [0.5, 0.6) is 0 Å². The van der Waals surface area contributed by atoms with Gasteiger partial charge in [0, 0.05) is 17.1 Å². The summed E-state index contributed by atoms with van der Waals surface area (Å²) < 4.78 is 0. The average Bonchev–Trinajstić information content (AvgIpc) is 2.88. The highest BCUT2D eigenvalue weighted by molar-refractivity contribution is 5.99. The quantitative estimate of drug-likeness (QED) is 0.309. The van der Waals surface area contributed by atoms with Crippen molar-refractivity contribution in [3.63, 3.8) is 0 Å². The molecule has 0 fully saturated rings. The molecule has 1 aromatic heterocycles. The van der Waals surface area contributed by atoms with Crippen molar-refractivity contribution in [3.05, 3.63) is 77.5 Å². The van der Waals surface area contributed by atoms with Crippen LogP contribution < -0.4 is 0 Å². The minimum atomic E-state index is 0.0630. The number of aromatic nitrogens is 1. The van der Waals surface area contributed by atoms with E-state index in [-0.39, 0.29) is 16.2 Å². The lowest BCUT2D eigenvalue weighted by atomic mass is 9.81. The van der Waals surface area contributed by atoms with Crippen LogP contribution in [-0.4, -0.2) is 4.98 Å². The summed E-state index contributed by atoms with van der Waals surface area (Å²) >= 11 is 0. The van der Waals surface area contributed by atoms with Gasteiger partial charge in [-0.1, -0.05) is 78.8 Å². The lowest BCUT2D eigenvalue weighted by Gasteiger charge is -2.23. The topological polar surface area (TPSA) is 12.9 Å². The largest absolute Gasteiger partial charge is 0.256 e. The molecular formula is C30H33N. The molecule has 1 heterocycles. The Morgan fingerprint density at radius 2 is 1.39 bits per heavy atom. The number of hydrogen-bond donors (Lipinski definition) is 0. The third-order valence-corrected chi connectivity index (χ3v) is 7.19. The Hall–Kier alpha value is -2.67. The summed E-state index contributed by atoms with van der Waals surface area (Å²) in [5.74, 6) is 0. The third-order valence-electron chi connectivity index (χ3n) is 7.19. The summed E-state index contributed by atoms with van der Waals surface area (Å²) in [6.07, 6.45) is 3.15. The van der Waals surface area contributed by atoms with Gasteiger partial charge < -0.3 is 0 Å². The van der Waals surface area contributed by atoms with Gasteiger partial charge in [-0.05, 0) is 79.8 Å². The summed E-state index contributed by atoms with van der Waals surface area (Å²) in [7, 11) is 0. The van der Waals surface area contributed by atoms with Gasteiger partial charge in [-0.3, -0.25) is 4.98 Å². The Morgan fingerprint density at radius 3 is 2.10 bits per heavy atom. The lowest BCUT2D eigenvalue weighted by Crippen LogP contribution is -2.17. The monoisotopic (exact) mass is 407 g/mol. The van der Waals surface area contributed by atoms with E-state index in [0.29, 0.717) is 0 Å². The Morgan fingerprint density at radius 1 is 0.742 bits per heavy atom. The van der Waals surface area contributed by atoms with Crippen molar-refractivity contribution in [1.29, 1.82) is 0 Å². The molecule has 0 saturated heterocycles. The SMILES string of the molecule is CC(C)(C)c1cc(-c2nccc3cc4c(cc23)C(C)(C)CC4(C)C)cc2ccccc12. The molecule has 0 radical (unpaired) electrons. The predicted octanol–water partition coefficient (Wildman–Crippen LogP) is 8.31. The fourth-order valence-electron chi connectivity index (χ4n) is 5.93. The lowest BCUT2D eigenvalue weighted by molar-refractivity contribution is 0.403. The standard InChI is InChI=1S/C30H33N/c1-28(2,3)24-16-21(14-19-10-8-9-11-22(19)24)27-23-17-26-25(15-20(23)12-13-31-27)29(4,5)18-30(26,6)7/h8-17H,18H2,1-7H3. The normalized spacial score (nSPS) is 17.3. The van der Waals surface area contributed by atoms with E-state index in [1.54, 1.807) is 0 Å². The maximum absolute atomic E-state index is 4.92. The van der Waals surface area contributed by atoms with Gasteiger partial charge in [0.1, 0.15) is 0 Å². The highest BCUT2D eigenvalue weighted by Gasteiger charge is 2.42. The van der Waals surface area contributed by atoms with E-state index in [2.05, 4.69) is 103 Å². The maximum Gasteiger partial charge on any atom is 0.0780 e. The van der Waals surface area contributed by atoms with Crippen LogP contribution in [0.1, 0.15) is 71.6 Å². The van der Waals surface area contributed by atoms with Crippen LogP contribution in [0.15, 0.2) is 60.8 Å². The molecule has 1 heteroatoms. The van der Waals surface area contributed by atoms with Gasteiger partial charge in [0.2, 0.25) is 0 Å². The number of hydrogen-bond acceptors (Lipinski definition) is 1. The first-order chi connectivity index (χ1) is 14.5. The fourth-order valence-corrected chi connectivity index (χ4v) is 5.93. The molecule has 5 rings (SSSR count). The van der Waals surface area contributed by atoms with Crippen LogP contribution in [0.3, 0.4) is 0 Å². The molecule has 1 aliphatic rings. The number of nitrogens with zero attached hydrogens (tertiary/aromatic N) is 1. The Kier molecular flexibility index (Phi) is 4.19. The third kappa shape index (κ3) is 3.17. The minimum Gasteiger partial charge on any atom is -0.256 e. The van der Waals surface area contributed by atoms with E-state index in [4.69, 9.17) is 4.98 Å². The van der Waals surface area contributed by atoms with E-state index in [1.165, 1.54) is 50.2 Å². The molecule has 1 aliphatic carbocycles. The molecule has 0 saturated carbocycles. The summed E-state index contributed by atoms with van der Waals surface area (Å²) in [5, 5.41) is 5.18. The molecule has 0 spiro atoms. The van der Waals surface area contributed by atoms with Crippen molar-refractivity contribution >= 4 is 21.5 Å². The molecule has 0 bridgehead atoms. The van der Waals surface area contributed by atoms with Gasteiger partial charge >= 0.3 is 0 Å². The summed E-state index contributed by atoms with van der Waals surface area (Å²) in [6, 6.07) is 20.5. The van der Waals surface area contributed by atoms with Crippen LogP contribution in [0.2, 0.25) is 0 Å². The van der Waals surface area contributed by atoms with E-state index in [1.807, 2.05) is 6.20 Å². The summed E-state index contributed by atoms with van der Waals surface area (Å²) in [6.45, 7) is 16.4. The second-order valence-corrected chi connectivity index (χ2v) is 11.7. The number of rotatable bonds is 1. The number of fused-ring (bicyclic) bond motifs is 3. The van der Waals surface area contributed by atoms with Gasteiger partial charge in [0.25, 0.3) is 0 Å². The molecule has 0 amide bonds. The molecule has 4 aromatic rings. The van der Waals surface area contributed by atoms with Crippen molar-refractivity contribution in [3.8, 4) is 11.3 Å². The highest BCUT2D eigenvalue weighted by atomic mass is 14.7. The van der Waals surface area contributed by atoms with Crippen molar-refractivity contribution < 1.29 is 0 Å². The molecule has 0 unspecified atom stereocenters. The molecular weight excluding hydrogens is 374 g/mol. The van der Waals surface area contributed by atoms with Gasteiger partial charge in [-0.2, -0.15) is 0 Å². The second kappa shape index (κ2) is 6.42. The molecule has 3 aromatic carbocycles. The van der Waals surface area contributed by atoms with Crippen molar-refractivity contribution in [2.75, 3.05) is 0 Å². The molecule has 0 N–H and O–H groups in total. The van der Waals surface area contributed by atoms with Crippen LogP contribution in [-0.2, 0) is 16.2 Å². The average molecular weight is 408 g/mol. The highest BCUT2D eigenvalue weighted by Crippen LogP contribution is 2.51. The van der Waals surface area contributed by atoms with Crippen LogP contribution in [0.25, 0.3) is 32.8 Å². The number of pyridine rings is 1. The molecule has 0 aliphatic heterocycles. The van der Waals surface area contributed by atoms with Crippen molar-refractivity contribution in [2.24, 2.45) is 0 Å².